The van der Waals surface area contributed by atoms with Gasteiger partial charge < -0.3 is 9.64 Å². The van der Waals surface area contributed by atoms with Crippen molar-refractivity contribution in [3.63, 3.8) is 0 Å². The third-order valence-electron chi connectivity index (χ3n) is 3.97. The first-order valence-corrected chi connectivity index (χ1v) is 6.85. The summed E-state index contributed by atoms with van der Waals surface area (Å²) < 4.78 is 6.86. The Kier molecular flexibility index (Phi) is 4.31. The summed E-state index contributed by atoms with van der Waals surface area (Å²) in [5.41, 5.74) is 2.57. The molecule has 2 aromatic rings. The molecule has 0 aliphatic rings. The van der Waals surface area contributed by atoms with Crippen LogP contribution >= 0.6 is 0 Å². The van der Waals surface area contributed by atoms with E-state index in [1.807, 2.05) is 52.2 Å². The molecule has 5 heteroatoms. The second kappa shape index (κ2) is 5.99. The average molecular weight is 287 g/mol. The first-order chi connectivity index (χ1) is 9.95. The Bertz CT molecular complexity index is 631. The Morgan fingerprint density at radius 3 is 2.43 bits per heavy atom. The molecule has 1 heterocycles. The number of hydrogen-bond donors (Lipinski definition) is 0. The van der Waals surface area contributed by atoms with Gasteiger partial charge in [0.1, 0.15) is 5.75 Å². The van der Waals surface area contributed by atoms with Gasteiger partial charge in [-0.2, -0.15) is 5.10 Å². The summed E-state index contributed by atoms with van der Waals surface area (Å²) >= 11 is 0. The van der Waals surface area contributed by atoms with Gasteiger partial charge in [-0.15, -0.1) is 0 Å². The molecule has 0 aliphatic carbocycles. The van der Waals surface area contributed by atoms with Crippen LogP contribution in [0.4, 0.5) is 0 Å². The largest absolute Gasteiger partial charge is 0.497 e. The number of aryl methyl sites for hydroxylation is 1. The number of ether oxygens (including phenoxy) is 1. The molecule has 5 nitrogen and oxygen atoms in total. The Morgan fingerprint density at radius 2 is 1.95 bits per heavy atom. The highest BCUT2D eigenvalue weighted by Crippen LogP contribution is 2.23. The Labute approximate surface area is 125 Å². The van der Waals surface area contributed by atoms with Gasteiger partial charge in [0.05, 0.1) is 24.9 Å². The van der Waals surface area contributed by atoms with E-state index < -0.39 is 0 Å². The van der Waals surface area contributed by atoms with Crippen LogP contribution in [0.5, 0.6) is 5.75 Å². The fourth-order valence-corrected chi connectivity index (χ4v) is 2.18. The minimum Gasteiger partial charge on any atom is -0.497 e. The van der Waals surface area contributed by atoms with Crippen molar-refractivity contribution in [3.05, 3.63) is 47.3 Å². The van der Waals surface area contributed by atoms with Crippen LogP contribution in [-0.2, 0) is 7.05 Å². The topological polar surface area (TPSA) is 47.4 Å². The van der Waals surface area contributed by atoms with Crippen molar-refractivity contribution in [3.8, 4) is 5.75 Å². The number of benzene rings is 1. The maximum absolute atomic E-state index is 12.6. The average Bonchev–Trinajstić information content (AvgIpc) is 2.85. The number of carbonyl (C=O) groups is 1. The number of amides is 1. The molecule has 0 N–H and O–H groups in total. The van der Waals surface area contributed by atoms with E-state index in [-0.39, 0.29) is 11.9 Å². The van der Waals surface area contributed by atoms with Crippen LogP contribution in [0.2, 0.25) is 0 Å². The highest BCUT2D eigenvalue weighted by molar-refractivity contribution is 5.95. The molecule has 112 valence electrons. The number of methoxy groups -OCH3 is 1. The van der Waals surface area contributed by atoms with E-state index in [1.165, 1.54) is 0 Å². The monoisotopic (exact) mass is 287 g/mol. The van der Waals surface area contributed by atoms with Crippen molar-refractivity contribution < 1.29 is 9.53 Å². The third kappa shape index (κ3) is 2.91. The SMILES string of the molecule is COc1ccc(C(C)N(C)C(=O)c2cnn(C)c2C)cc1. The van der Waals surface area contributed by atoms with Gasteiger partial charge in [-0.1, -0.05) is 12.1 Å². The molecular formula is C16H21N3O2. The lowest BCUT2D eigenvalue weighted by atomic mass is 10.1. The normalized spacial score (nSPS) is 12.0. The number of aromatic nitrogens is 2. The van der Waals surface area contributed by atoms with Crippen molar-refractivity contribution in [1.82, 2.24) is 14.7 Å². The van der Waals surface area contributed by atoms with Crippen molar-refractivity contribution >= 4 is 5.91 Å². The van der Waals surface area contributed by atoms with Crippen LogP contribution in [0.3, 0.4) is 0 Å². The van der Waals surface area contributed by atoms with Gasteiger partial charge in [0, 0.05) is 19.8 Å². The lowest BCUT2D eigenvalue weighted by Gasteiger charge is -2.25. The summed E-state index contributed by atoms with van der Waals surface area (Å²) in [7, 11) is 5.28. The zero-order valence-corrected chi connectivity index (χ0v) is 13.1. The zero-order valence-electron chi connectivity index (χ0n) is 13.1. The van der Waals surface area contributed by atoms with Gasteiger partial charge >= 0.3 is 0 Å². The zero-order chi connectivity index (χ0) is 15.6. The Balaban J connectivity index is 2.19. The van der Waals surface area contributed by atoms with Gasteiger partial charge in [0.2, 0.25) is 0 Å². The molecule has 1 aromatic carbocycles. The highest BCUT2D eigenvalue weighted by atomic mass is 16.5. The van der Waals surface area contributed by atoms with E-state index in [2.05, 4.69) is 5.10 Å². The van der Waals surface area contributed by atoms with Crippen LogP contribution in [-0.4, -0.2) is 34.7 Å². The van der Waals surface area contributed by atoms with Crippen LogP contribution < -0.4 is 4.74 Å². The molecule has 0 saturated carbocycles. The maximum Gasteiger partial charge on any atom is 0.257 e. The summed E-state index contributed by atoms with van der Waals surface area (Å²) in [6.07, 6.45) is 1.62. The van der Waals surface area contributed by atoms with E-state index in [0.717, 1.165) is 17.0 Å². The fraction of sp³-hybridized carbons (Fsp3) is 0.375. The number of nitrogens with zero attached hydrogens (tertiary/aromatic N) is 3. The minimum absolute atomic E-state index is 0.0241. The van der Waals surface area contributed by atoms with Crippen molar-refractivity contribution in [2.24, 2.45) is 7.05 Å². The van der Waals surface area contributed by atoms with Crippen LogP contribution in [0.25, 0.3) is 0 Å². The predicted molar refractivity (Wildman–Crippen MR) is 81.4 cm³/mol. The Hall–Kier alpha value is -2.30. The van der Waals surface area contributed by atoms with Crippen LogP contribution in [0.15, 0.2) is 30.5 Å². The quantitative estimate of drug-likeness (QED) is 0.868. The predicted octanol–water partition coefficient (Wildman–Crippen LogP) is 2.57. The standard InChI is InChI=1S/C16H21N3O2/c1-11(13-6-8-14(21-5)9-7-13)18(3)16(20)15-10-17-19(4)12(15)2/h6-11H,1-5H3. The van der Waals surface area contributed by atoms with Crippen molar-refractivity contribution in [2.45, 2.75) is 19.9 Å². The maximum atomic E-state index is 12.6. The van der Waals surface area contributed by atoms with Crippen LogP contribution in [0, 0.1) is 6.92 Å². The molecule has 0 radical (unpaired) electrons. The van der Waals surface area contributed by atoms with E-state index in [0.29, 0.717) is 5.56 Å². The fourth-order valence-electron chi connectivity index (χ4n) is 2.18. The van der Waals surface area contributed by atoms with Gasteiger partial charge in [-0.05, 0) is 31.5 Å². The minimum atomic E-state index is -0.0250. The lowest BCUT2D eigenvalue weighted by molar-refractivity contribution is 0.0742. The molecule has 1 aromatic heterocycles. The van der Waals surface area contributed by atoms with Gasteiger partial charge in [-0.3, -0.25) is 9.48 Å². The highest BCUT2D eigenvalue weighted by Gasteiger charge is 2.22. The van der Waals surface area contributed by atoms with Crippen molar-refractivity contribution in [1.29, 1.82) is 0 Å². The summed E-state index contributed by atoms with van der Waals surface area (Å²) in [6, 6.07) is 7.73. The molecule has 1 unspecified atom stereocenters. The Morgan fingerprint density at radius 1 is 1.33 bits per heavy atom. The molecule has 0 saturated heterocycles. The second-order valence-corrected chi connectivity index (χ2v) is 5.13. The lowest BCUT2D eigenvalue weighted by Crippen LogP contribution is -2.30. The van der Waals surface area contributed by atoms with Crippen molar-refractivity contribution in [2.75, 3.05) is 14.2 Å². The molecule has 1 atom stereocenters. The number of rotatable bonds is 4. The first-order valence-electron chi connectivity index (χ1n) is 6.85. The molecule has 0 fully saturated rings. The molecule has 0 spiro atoms. The number of carbonyl (C=O) groups excluding carboxylic acids is 1. The summed E-state index contributed by atoms with van der Waals surface area (Å²) in [6.45, 7) is 3.90. The van der Waals surface area contributed by atoms with Gasteiger partial charge in [-0.25, -0.2) is 0 Å². The first kappa shape index (κ1) is 15.1. The molecule has 0 aliphatic heterocycles. The van der Waals surface area contributed by atoms with E-state index in [1.54, 1.807) is 22.9 Å². The van der Waals surface area contributed by atoms with E-state index in [9.17, 15) is 4.79 Å². The summed E-state index contributed by atoms with van der Waals surface area (Å²) in [5.74, 6) is 0.784. The van der Waals surface area contributed by atoms with Gasteiger partial charge in [0.25, 0.3) is 5.91 Å². The third-order valence-corrected chi connectivity index (χ3v) is 3.97. The molecule has 21 heavy (non-hydrogen) atoms. The van der Waals surface area contributed by atoms with E-state index in [4.69, 9.17) is 4.74 Å². The second-order valence-electron chi connectivity index (χ2n) is 5.13. The van der Waals surface area contributed by atoms with Crippen LogP contribution in [0.1, 0.15) is 34.6 Å². The van der Waals surface area contributed by atoms with Gasteiger partial charge in [0.15, 0.2) is 0 Å². The van der Waals surface area contributed by atoms with E-state index >= 15 is 0 Å². The molecule has 0 bridgehead atoms. The molecular weight excluding hydrogens is 266 g/mol. The summed E-state index contributed by atoms with van der Waals surface area (Å²) in [4.78, 5) is 14.3. The smallest absolute Gasteiger partial charge is 0.257 e. The number of hydrogen-bond acceptors (Lipinski definition) is 3. The summed E-state index contributed by atoms with van der Waals surface area (Å²) in [5, 5.41) is 4.13. The molecule has 2 rings (SSSR count). The molecule has 1 amide bonds.